The van der Waals surface area contributed by atoms with Crippen molar-refractivity contribution in [1.29, 1.82) is 0 Å². The van der Waals surface area contributed by atoms with E-state index in [2.05, 4.69) is 13.8 Å². The third-order valence-electron chi connectivity index (χ3n) is 5.81. The van der Waals surface area contributed by atoms with Gasteiger partial charge in [-0.15, -0.1) is 0 Å². The number of hydrogen-bond donors (Lipinski definition) is 0. The van der Waals surface area contributed by atoms with E-state index in [9.17, 15) is 9.59 Å². The summed E-state index contributed by atoms with van der Waals surface area (Å²) < 4.78 is 17.6. The van der Waals surface area contributed by atoms with E-state index in [-0.39, 0.29) is 24.4 Å². The van der Waals surface area contributed by atoms with Crippen molar-refractivity contribution < 1.29 is 23.8 Å². The summed E-state index contributed by atoms with van der Waals surface area (Å²) in [5.74, 6) is 1.31. The number of nitrogens with zero attached hydrogens (tertiary/aromatic N) is 1. The third kappa shape index (κ3) is 5.11. The molecule has 1 aliphatic heterocycles. The van der Waals surface area contributed by atoms with Crippen LogP contribution in [0.1, 0.15) is 56.1 Å². The molecule has 1 amide bonds. The lowest BCUT2D eigenvalue weighted by Crippen LogP contribution is -2.23. The molecule has 0 aliphatic carbocycles. The van der Waals surface area contributed by atoms with Crippen molar-refractivity contribution in [3.63, 3.8) is 0 Å². The Bertz CT molecular complexity index is 1230. The molecule has 0 radical (unpaired) electrons. The molecule has 3 aromatic carbocycles. The van der Waals surface area contributed by atoms with Gasteiger partial charge in [-0.25, -0.2) is 0 Å². The molecule has 0 fully saturated rings. The molecule has 0 bridgehead atoms. The highest BCUT2D eigenvalue weighted by Gasteiger charge is 2.37. The third-order valence-corrected chi connectivity index (χ3v) is 5.81. The summed E-state index contributed by atoms with van der Waals surface area (Å²) in [5.41, 5.74) is 3.01. The molecule has 0 saturated heterocycles. The van der Waals surface area contributed by atoms with Crippen molar-refractivity contribution in [2.24, 2.45) is 5.92 Å². The number of carbonyl (C=O) groups is 2. The summed E-state index contributed by atoms with van der Waals surface area (Å²) in [6.45, 7) is 11.2. The molecule has 6 nitrogen and oxygen atoms in total. The molecule has 0 saturated carbocycles. The van der Waals surface area contributed by atoms with Crippen LogP contribution in [0.15, 0.2) is 48.5 Å². The van der Waals surface area contributed by atoms with E-state index in [1.807, 2.05) is 62.4 Å². The summed E-state index contributed by atoms with van der Waals surface area (Å²) in [7, 11) is 0. The van der Waals surface area contributed by atoms with Gasteiger partial charge in [0, 0.05) is 22.0 Å². The van der Waals surface area contributed by atoms with E-state index in [0.717, 1.165) is 33.3 Å². The van der Waals surface area contributed by atoms with Gasteiger partial charge in [0.25, 0.3) is 5.91 Å². The molecular weight excluding hydrogens is 442 g/mol. The van der Waals surface area contributed by atoms with E-state index in [1.54, 1.807) is 11.8 Å². The molecule has 184 valence electrons. The molecule has 35 heavy (non-hydrogen) atoms. The number of fused-ring (bicyclic) bond motifs is 2. The SMILES string of the molecule is CCOC(=O)Cc1ccc(N2Cc3c(c(OC(C)C)c4ccccc4c3OCC(C)C)C2=O)cc1. The van der Waals surface area contributed by atoms with E-state index in [0.29, 0.717) is 37.0 Å². The minimum atomic E-state index is -0.265. The summed E-state index contributed by atoms with van der Waals surface area (Å²) in [6, 6.07) is 15.4. The molecular formula is C29H33NO5. The van der Waals surface area contributed by atoms with Crippen molar-refractivity contribution in [3.05, 3.63) is 65.2 Å². The minimum Gasteiger partial charge on any atom is -0.492 e. The van der Waals surface area contributed by atoms with Gasteiger partial charge in [-0.1, -0.05) is 50.2 Å². The Balaban J connectivity index is 1.76. The van der Waals surface area contributed by atoms with Gasteiger partial charge in [-0.05, 0) is 44.4 Å². The molecule has 1 aliphatic rings. The van der Waals surface area contributed by atoms with Crippen LogP contribution in [0.3, 0.4) is 0 Å². The normalized spacial score (nSPS) is 13.0. The number of amides is 1. The number of ether oxygens (including phenoxy) is 3. The highest BCUT2D eigenvalue weighted by molar-refractivity contribution is 6.16. The van der Waals surface area contributed by atoms with Crippen molar-refractivity contribution in [1.82, 2.24) is 0 Å². The summed E-state index contributed by atoms with van der Waals surface area (Å²) in [4.78, 5) is 27.4. The molecule has 0 atom stereocenters. The number of rotatable bonds is 9. The van der Waals surface area contributed by atoms with Crippen LogP contribution in [0.25, 0.3) is 10.8 Å². The fourth-order valence-electron chi connectivity index (χ4n) is 4.32. The first-order chi connectivity index (χ1) is 16.8. The Labute approximate surface area is 206 Å². The predicted molar refractivity (Wildman–Crippen MR) is 137 cm³/mol. The molecule has 0 spiro atoms. The fourth-order valence-corrected chi connectivity index (χ4v) is 4.32. The van der Waals surface area contributed by atoms with Crippen molar-refractivity contribution in [2.75, 3.05) is 18.1 Å². The molecule has 0 aromatic heterocycles. The lowest BCUT2D eigenvalue weighted by molar-refractivity contribution is -0.142. The lowest BCUT2D eigenvalue weighted by atomic mass is 9.99. The molecule has 3 aromatic rings. The number of benzene rings is 3. The largest absolute Gasteiger partial charge is 0.492 e. The number of hydrogen-bond acceptors (Lipinski definition) is 5. The smallest absolute Gasteiger partial charge is 0.310 e. The van der Waals surface area contributed by atoms with Crippen LogP contribution in [0.2, 0.25) is 0 Å². The van der Waals surface area contributed by atoms with Gasteiger partial charge in [0.2, 0.25) is 0 Å². The van der Waals surface area contributed by atoms with Crippen LogP contribution >= 0.6 is 0 Å². The van der Waals surface area contributed by atoms with Crippen LogP contribution in [0, 0.1) is 5.92 Å². The first-order valence-electron chi connectivity index (χ1n) is 12.2. The zero-order chi connectivity index (χ0) is 25.1. The van der Waals surface area contributed by atoms with E-state index in [1.165, 1.54) is 0 Å². The van der Waals surface area contributed by atoms with Gasteiger partial charge in [0.1, 0.15) is 11.5 Å². The monoisotopic (exact) mass is 475 g/mol. The van der Waals surface area contributed by atoms with Gasteiger partial charge in [0.05, 0.1) is 37.8 Å². The second-order valence-corrected chi connectivity index (χ2v) is 9.47. The van der Waals surface area contributed by atoms with Crippen molar-refractivity contribution in [3.8, 4) is 11.5 Å². The van der Waals surface area contributed by atoms with Gasteiger partial charge in [-0.3, -0.25) is 9.59 Å². The Morgan fingerprint density at radius 1 is 0.971 bits per heavy atom. The second-order valence-electron chi connectivity index (χ2n) is 9.47. The highest BCUT2D eigenvalue weighted by atomic mass is 16.5. The second kappa shape index (κ2) is 10.4. The first-order valence-corrected chi connectivity index (χ1v) is 12.2. The Morgan fingerprint density at radius 3 is 2.23 bits per heavy atom. The Kier molecular flexibility index (Phi) is 7.29. The van der Waals surface area contributed by atoms with E-state index < -0.39 is 0 Å². The maximum absolute atomic E-state index is 13.8. The number of esters is 1. The van der Waals surface area contributed by atoms with Crippen LogP contribution in [0.4, 0.5) is 5.69 Å². The average molecular weight is 476 g/mol. The van der Waals surface area contributed by atoms with Crippen LogP contribution < -0.4 is 14.4 Å². The number of anilines is 1. The molecule has 0 unspecified atom stereocenters. The predicted octanol–water partition coefficient (Wildman–Crippen LogP) is 5.93. The average Bonchev–Trinajstić information content (AvgIpc) is 3.16. The Morgan fingerprint density at radius 2 is 1.63 bits per heavy atom. The van der Waals surface area contributed by atoms with Crippen molar-refractivity contribution in [2.45, 2.75) is 53.7 Å². The van der Waals surface area contributed by atoms with Crippen LogP contribution in [0.5, 0.6) is 11.5 Å². The molecule has 6 heteroatoms. The Hall–Kier alpha value is -3.54. The maximum atomic E-state index is 13.8. The standard InChI is InChI=1S/C29H33NO5/c1-6-33-25(31)15-20-11-13-21(14-12-20)30-16-24-26(29(30)32)28(35-19(4)5)23-10-8-7-9-22(23)27(24)34-17-18(2)3/h7-14,18-19H,6,15-17H2,1-5H3. The topological polar surface area (TPSA) is 65.1 Å². The van der Waals surface area contributed by atoms with E-state index >= 15 is 0 Å². The van der Waals surface area contributed by atoms with E-state index in [4.69, 9.17) is 14.2 Å². The minimum absolute atomic E-state index is 0.0889. The van der Waals surface area contributed by atoms with Gasteiger partial charge >= 0.3 is 5.97 Å². The van der Waals surface area contributed by atoms with Gasteiger partial charge < -0.3 is 19.1 Å². The first kappa shape index (κ1) is 24.6. The fraction of sp³-hybridized carbons (Fsp3) is 0.379. The quantitative estimate of drug-likeness (QED) is 0.359. The maximum Gasteiger partial charge on any atom is 0.310 e. The zero-order valence-corrected chi connectivity index (χ0v) is 21.1. The van der Waals surface area contributed by atoms with Gasteiger partial charge in [-0.2, -0.15) is 0 Å². The molecule has 4 rings (SSSR count). The summed E-state index contributed by atoms with van der Waals surface area (Å²) in [5, 5.41) is 1.82. The van der Waals surface area contributed by atoms with Crippen LogP contribution in [-0.2, 0) is 22.5 Å². The molecule has 1 heterocycles. The highest BCUT2D eigenvalue weighted by Crippen LogP contribution is 2.46. The van der Waals surface area contributed by atoms with Crippen molar-refractivity contribution >= 4 is 28.3 Å². The van der Waals surface area contributed by atoms with Crippen LogP contribution in [-0.4, -0.2) is 31.2 Å². The zero-order valence-electron chi connectivity index (χ0n) is 21.1. The van der Waals surface area contributed by atoms with Gasteiger partial charge in [0.15, 0.2) is 0 Å². The molecule has 0 N–H and O–H groups in total. The summed E-state index contributed by atoms with van der Waals surface area (Å²) in [6.07, 6.45) is 0.113. The summed E-state index contributed by atoms with van der Waals surface area (Å²) >= 11 is 0. The lowest BCUT2D eigenvalue weighted by Gasteiger charge is -2.20. The number of carbonyl (C=O) groups excluding carboxylic acids is 2.